The average molecular weight is 249 g/mol. The van der Waals surface area contributed by atoms with Crippen molar-refractivity contribution in [2.45, 2.75) is 32.3 Å². The van der Waals surface area contributed by atoms with Gasteiger partial charge in [0, 0.05) is 18.2 Å². The van der Waals surface area contributed by atoms with Gasteiger partial charge < -0.3 is 14.7 Å². The minimum absolute atomic E-state index is 0.0120. The molecule has 1 unspecified atom stereocenters. The maximum absolute atomic E-state index is 9.02. The third kappa shape index (κ3) is 2.64. The van der Waals surface area contributed by atoms with E-state index in [-0.39, 0.29) is 6.10 Å². The van der Waals surface area contributed by atoms with Crippen molar-refractivity contribution >= 4 is 5.71 Å². The molecular formula is C14H19NO3. The van der Waals surface area contributed by atoms with Crippen LogP contribution in [0.1, 0.15) is 30.9 Å². The lowest BCUT2D eigenvalue weighted by atomic mass is 9.89. The summed E-state index contributed by atoms with van der Waals surface area (Å²) in [5.41, 5.74) is 2.89. The van der Waals surface area contributed by atoms with Gasteiger partial charge in [0.1, 0.15) is 11.9 Å². The summed E-state index contributed by atoms with van der Waals surface area (Å²) in [5, 5.41) is 12.4. The van der Waals surface area contributed by atoms with Crippen LogP contribution in [0, 0.1) is 0 Å². The van der Waals surface area contributed by atoms with Gasteiger partial charge in [-0.2, -0.15) is 0 Å². The Bertz CT molecular complexity index is 443. The lowest BCUT2D eigenvalue weighted by molar-refractivity contribution is 0.0913. The molecule has 4 nitrogen and oxygen atoms in total. The highest BCUT2D eigenvalue weighted by Crippen LogP contribution is 2.30. The minimum Gasteiger partial charge on any atom is -0.488 e. The van der Waals surface area contributed by atoms with Gasteiger partial charge in [-0.15, -0.1) is 0 Å². The van der Waals surface area contributed by atoms with Gasteiger partial charge in [-0.1, -0.05) is 17.3 Å². The molecule has 0 aromatic heterocycles. The third-order valence-corrected chi connectivity index (χ3v) is 3.13. The van der Waals surface area contributed by atoms with E-state index in [1.165, 1.54) is 0 Å². The normalized spacial score (nSPS) is 18.4. The molecule has 0 heterocycles. The lowest BCUT2D eigenvalue weighted by Gasteiger charge is -2.22. The highest BCUT2D eigenvalue weighted by molar-refractivity contribution is 6.02. The first-order valence-electron chi connectivity index (χ1n) is 6.25. The molecule has 1 aromatic rings. The Morgan fingerprint density at radius 2 is 2.22 bits per heavy atom. The van der Waals surface area contributed by atoms with Crippen molar-refractivity contribution in [1.29, 1.82) is 0 Å². The van der Waals surface area contributed by atoms with Gasteiger partial charge in [0.05, 0.1) is 12.3 Å². The fraction of sp³-hybridized carbons (Fsp3) is 0.500. The molecule has 0 spiro atoms. The first kappa shape index (κ1) is 12.9. The standard InChI is InChI=1S/C14H19NO3/c1-10(9-17-2)18-14-8-4-5-11-12(14)6-3-7-13(11)15-16/h4-5,8,10,16H,3,6-7,9H2,1-2H3. The highest BCUT2D eigenvalue weighted by Gasteiger charge is 2.20. The smallest absolute Gasteiger partial charge is 0.123 e. The summed E-state index contributed by atoms with van der Waals surface area (Å²) in [7, 11) is 1.66. The van der Waals surface area contributed by atoms with Crippen molar-refractivity contribution < 1.29 is 14.7 Å². The predicted molar refractivity (Wildman–Crippen MR) is 69.7 cm³/mol. The van der Waals surface area contributed by atoms with E-state index in [4.69, 9.17) is 14.7 Å². The average Bonchev–Trinajstić information content (AvgIpc) is 2.38. The Morgan fingerprint density at radius 3 is 2.94 bits per heavy atom. The lowest BCUT2D eigenvalue weighted by Crippen LogP contribution is -2.20. The molecular weight excluding hydrogens is 230 g/mol. The van der Waals surface area contributed by atoms with E-state index in [9.17, 15) is 0 Å². The Morgan fingerprint density at radius 1 is 1.39 bits per heavy atom. The van der Waals surface area contributed by atoms with Crippen molar-refractivity contribution in [2.75, 3.05) is 13.7 Å². The molecule has 0 radical (unpaired) electrons. The zero-order valence-electron chi connectivity index (χ0n) is 10.8. The summed E-state index contributed by atoms with van der Waals surface area (Å²) in [6.45, 7) is 2.54. The van der Waals surface area contributed by atoms with E-state index >= 15 is 0 Å². The summed E-state index contributed by atoms with van der Waals surface area (Å²) in [5.74, 6) is 0.873. The van der Waals surface area contributed by atoms with E-state index in [0.29, 0.717) is 6.61 Å². The Hall–Kier alpha value is -1.55. The molecule has 1 aliphatic carbocycles. The van der Waals surface area contributed by atoms with Gasteiger partial charge in [-0.3, -0.25) is 0 Å². The van der Waals surface area contributed by atoms with Gasteiger partial charge in [-0.25, -0.2) is 0 Å². The van der Waals surface area contributed by atoms with Crippen LogP contribution < -0.4 is 4.74 Å². The van der Waals surface area contributed by atoms with Crippen LogP contribution in [-0.4, -0.2) is 30.7 Å². The number of hydrogen-bond acceptors (Lipinski definition) is 4. The second-order valence-electron chi connectivity index (χ2n) is 4.57. The minimum atomic E-state index is 0.0120. The van der Waals surface area contributed by atoms with Crippen LogP contribution in [0.25, 0.3) is 0 Å². The van der Waals surface area contributed by atoms with Gasteiger partial charge in [-0.05, 0) is 32.3 Å². The van der Waals surface area contributed by atoms with Gasteiger partial charge in [0.25, 0.3) is 0 Å². The van der Waals surface area contributed by atoms with Crippen LogP contribution in [0.2, 0.25) is 0 Å². The van der Waals surface area contributed by atoms with Gasteiger partial charge in [0.15, 0.2) is 0 Å². The molecule has 1 aliphatic rings. The molecule has 98 valence electrons. The molecule has 0 aliphatic heterocycles. The largest absolute Gasteiger partial charge is 0.488 e. The second kappa shape index (κ2) is 5.87. The van der Waals surface area contributed by atoms with Crippen LogP contribution in [0.5, 0.6) is 5.75 Å². The van der Waals surface area contributed by atoms with E-state index in [1.54, 1.807) is 7.11 Å². The number of nitrogens with zero attached hydrogens (tertiary/aromatic N) is 1. The van der Waals surface area contributed by atoms with Crippen LogP contribution in [0.3, 0.4) is 0 Å². The first-order chi connectivity index (χ1) is 8.76. The molecule has 18 heavy (non-hydrogen) atoms. The van der Waals surface area contributed by atoms with E-state index in [2.05, 4.69) is 5.16 Å². The molecule has 4 heteroatoms. The monoisotopic (exact) mass is 249 g/mol. The van der Waals surface area contributed by atoms with Gasteiger partial charge >= 0.3 is 0 Å². The topological polar surface area (TPSA) is 51.0 Å². The third-order valence-electron chi connectivity index (χ3n) is 3.13. The number of methoxy groups -OCH3 is 1. The van der Waals surface area contributed by atoms with Crippen molar-refractivity contribution in [2.24, 2.45) is 5.16 Å². The zero-order chi connectivity index (χ0) is 13.0. The van der Waals surface area contributed by atoms with Crippen molar-refractivity contribution in [3.05, 3.63) is 29.3 Å². The SMILES string of the molecule is COCC(C)Oc1cccc2c1CCCC2=NO. The van der Waals surface area contributed by atoms with Crippen LogP contribution in [0.15, 0.2) is 23.4 Å². The number of ether oxygens (including phenoxy) is 2. The predicted octanol–water partition coefficient (Wildman–Crippen LogP) is 2.61. The number of fused-ring (bicyclic) bond motifs is 1. The molecule has 0 saturated carbocycles. The first-order valence-corrected chi connectivity index (χ1v) is 6.25. The zero-order valence-corrected chi connectivity index (χ0v) is 10.8. The Labute approximate surface area is 107 Å². The maximum atomic E-state index is 9.02. The fourth-order valence-electron chi connectivity index (χ4n) is 2.36. The van der Waals surface area contributed by atoms with Crippen LogP contribution in [0.4, 0.5) is 0 Å². The van der Waals surface area contributed by atoms with Crippen molar-refractivity contribution in [3.8, 4) is 5.75 Å². The summed E-state index contributed by atoms with van der Waals surface area (Å²) in [6, 6.07) is 5.88. The molecule has 0 saturated heterocycles. The van der Waals surface area contributed by atoms with Crippen molar-refractivity contribution in [1.82, 2.24) is 0 Å². The molecule has 1 aromatic carbocycles. The molecule has 0 bridgehead atoms. The number of hydrogen-bond donors (Lipinski definition) is 1. The number of rotatable bonds is 4. The van der Waals surface area contributed by atoms with Crippen LogP contribution >= 0.6 is 0 Å². The summed E-state index contributed by atoms with van der Waals surface area (Å²) < 4.78 is 11.0. The van der Waals surface area contributed by atoms with Gasteiger partial charge in [0.2, 0.25) is 0 Å². The molecule has 1 atom stereocenters. The fourth-order valence-corrected chi connectivity index (χ4v) is 2.36. The molecule has 0 fully saturated rings. The number of benzene rings is 1. The number of oxime groups is 1. The summed E-state index contributed by atoms with van der Waals surface area (Å²) >= 11 is 0. The van der Waals surface area contributed by atoms with Crippen LogP contribution in [-0.2, 0) is 11.2 Å². The molecule has 2 rings (SSSR count). The maximum Gasteiger partial charge on any atom is 0.123 e. The summed E-state index contributed by atoms with van der Waals surface area (Å²) in [4.78, 5) is 0. The van der Waals surface area contributed by atoms with E-state index in [0.717, 1.165) is 41.9 Å². The second-order valence-corrected chi connectivity index (χ2v) is 4.57. The Kier molecular flexibility index (Phi) is 4.20. The summed E-state index contributed by atoms with van der Waals surface area (Å²) in [6.07, 6.45) is 2.79. The van der Waals surface area contributed by atoms with Crippen molar-refractivity contribution in [3.63, 3.8) is 0 Å². The quantitative estimate of drug-likeness (QED) is 0.659. The highest BCUT2D eigenvalue weighted by atomic mass is 16.5. The Balaban J connectivity index is 2.27. The van der Waals surface area contributed by atoms with E-state index in [1.807, 2.05) is 25.1 Å². The van der Waals surface area contributed by atoms with E-state index < -0.39 is 0 Å². The molecule has 1 N–H and O–H groups in total. The molecule has 0 amide bonds.